The van der Waals surface area contributed by atoms with Gasteiger partial charge in [-0.25, -0.2) is 10.8 Å². The van der Waals surface area contributed by atoms with Gasteiger partial charge in [0.15, 0.2) is 5.69 Å². The summed E-state index contributed by atoms with van der Waals surface area (Å²) in [5, 5.41) is 2.79. The molecule has 0 saturated carbocycles. The smallest absolute Gasteiger partial charge is 0.340 e. The molecule has 2 rings (SSSR count). The van der Waals surface area contributed by atoms with Crippen LogP contribution >= 0.6 is 11.8 Å². The van der Waals surface area contributed by atoms with E-state index in [0.717, 1.165) is 11.0 Å². The standard InChI is InChI=1S/C12H12F3N5S/c1-21-8-4-2-7(3-5-8)17-10-6-9(12(13,14)15)18-11(19-10)20-16/h2-6H,16H2,1H3,(H2,17,18,19,20). The fourth-order valence-corrected chi connectivity index (χ4v) is 1.95. The number of nitrogen functional groups attached to an aromatic ring is 1. The van der Waals surface area contributed by atoms with Crippen LogP contribution in [0.25, 0.3) is 0 Å². The first-order valence-electron chi connectivity index (χ1n) is 5.76. The van der Waals surface area contributed by atoms with Crippen molar-refractivity contribution >= 4 is 29.2 Å². The van der Waals surface area contributed by atoms with Crippen molar-refractivity contribution in [3.63, 3.8) is 0 Å². The Morgan fingerprint density at radius 2 is 1.81 bits per heavy atom. The number of halogens is 3. The van der Waals surface area contributed by atoms with Crippen molar-refractivity contribution in [2.75, 3.05) is 17.0 Å². The van der Waals surface area contributed by atoms with E-state index in [1.807, 2.05) is 23.8 Å². The maximum Gasteiger partial charge on any atom is 0.433 e. The Bertz CT molecular complexity index is 615. The van der Waals surface area contributed by atoms with Crippen molar-refractivity contribution in [3.8, 4) is 0 Å². The molecule has 2 aromatic rings. The third-order valence-corrected chi connectivity index (χ3v) is 3.25. The molecule has 0 aliphatic rings. The average molecular weight is 315 g/mol. The Labute approximate surface area is 123 Å². The molecule has 0 radical (unpaired) electrons. The van der Waals surface area contributed by atoms with E-state index in [0.29, 0.717) is 5.69 Å². The third kappa shape index (κ3) is 3.99. The Balaban J connectivity index is 2.29. The minimum atomic E-state index is -4.58. The van der Waals surface area contributed by atoms with E-state index in [4.69, 9.17) is 5.84 Å². The third-order valence-electron chi connectivity index (χ3n) is 2.51. The first-order chi connectivity index (χ1) is 9.92. The summed E-state index contributed by atoms with van der Waals surface area (Å²) < 4.78 is 38.2. The maximum atomic E-state index is 12.7. The van der Waals surface area contributed by atoms with Crippen LogP contribution in [0.5, 0.6) is 0 Å². The van der Waals surface area contributed by atoms with E-state index >= 15 is 0 Å². The maximum absolute atomic E-state index is 12.7. The molecule has 5 nitrogen and oxygen atoms in total. The van der Waals surface area contributed by atoms with Crippen molar-refractivity contribution in [1.29, 1.82) is 0 Å². The molecule has 0 atom stereocenters. The van der Waals surface area contributed by atoms with Gasteiger partial charge in [-0.05, 0) is 30.5 Å². The van der Waals surface area contributed by atoms with Gasteiger partial charge in [0.05, 0.1) is 0 Å². The van der Waals surface area contributed by atoms with Crippen molar-refractivity contribution in [2.45, 2.75) is 11.1 Å². The van der Waals surface area contributed by atoms with Crippen LogP contribution in [-0.4, -0.2) is 16.2 Å². The molecule has 112 valence electrons. The zero-order valence-corrected chi connectivity index (χ0v) is 11.7. The van der Waals surface area contributed by atoms with Gasteiger partial charge in [0.2, 0.25) is 5.95 Å². The summed E-state index contributed by atoms with van der Waals surface area (Å²) in [6, 6.07) is 8.01. The number of nitrogens with two attached hydrogens (primary N) is 1. The van der Waals surface area contributed by atoms with E-state index in [1.165, 1.54) is 0 Å². The predicted octanol–water partition coefficient (Wildman–Crippen LogP) is 3.25. The lowest BCUT2D eigenvalue weighted by Crippen LogP contribution is -2.16. The lowest BCUT2D eigenvalue weighted by molar-refractivity contribution is -0.141. The zero-order valence-electron chi connectivity index (χ0n) is 10.9. The minimum Gasteiger partial charge on any atom is -0.340 e. The van der Waals surface area contributed by atoms with Gasteiger partial charge in [-0.3, -0.25) is 5.43 Å². The van der Waals surface area contributed by atoms with E-state index < -0.39 is 11.9 Å². The average Bonchev–Trinajstić information content (AvgIpc) is 2.46. The molecule has 0 bridgehead atoms. The van der Waals surface area contributed by atoms with Crippen LogP contribution in [0.4, 0.5) is 30.6 Å². The van der Waals surface area contributed by atoms with Crippen LogP contribution in [0.2, 0.25) is 0 Å². The lowest BCUT2D eigenvalue weighted by Gasteiger charge is -2.11. The number of hydrogen-bond acceptors (Lipinski definition) is 6. The number of rotatable bonds is 4. The van der Waals surface area contributed by atoms with Crippen LogP contribution < -0.4 is 16.6 Å². The normalized spacial score (nSPS) is 11.3. The molecule has 0 aliphatic carbocycles. The van der Waals surface area contributed by atoms with Crippen molar-refractivity contribution in [1.82, 2.24) is 9.97 Å². The molecule has 0 unspecified atom stereocenters. The number of benzene rings is 1. The van der Waals surface area contributed by atoms with Crippen LogP contribution in [-0.2, 0) is 6.18 Å². The van der Waals surface area contributed by atoms with Gasteiger partial charge in [-0.1, -0.05) is 0 Å². The molecule has 0 aliphatic heterocycles. The SMILES string of the molecule is CSc1ccc(Nc2cc(C(F)(F)F)nc(NN)n2)cc1. The molecule has 0 spiro atoms. The molecule has 1 aromatic heterocycles. The van der Waals surface area contributed by atoms with Crippen LogP contribution in [0, 0.1) is 0 Å². The van der Waals surface area contributed by atoms with Gasteiger partial charge in [-0.2, -0.15) is 18.2 Å². The fourth-order valence-electron chi connectivity index (χ4n) is 1.54. The fraction of sp³-hybridized carbons (Fsp3) is 0.167. The van der Waals surface area contributed by atoms with Crippen molar-refractivity contribution in [3.05, 3.63) is 36.0 Å². The monoisotopic (exact) mass is 315 g/mol. The molecular formula is C12H12F3N5S. The molecule has 0 amide bonds. The second-order valence-electron chi connectivity index (χ2n) is 3.96. The molecule has 9 heteroatoms. The van der Waals surface area contributed by atoms with Gasteiger partial charge >= 0.3 is 6.18 Å². The summed E-state index contributed by atoms with van der Waals surface area (Å²) in [4.78, 5) is 8.16. The second kappa shape index (κ2) is 6.19. The number of alkyl halides is 3. The largest absolute Gasteiger partial charge is 0.433 e. The molecule has 1 heterocycles. The second-order valence-corrected chi connectivity index (χ2v) is 4.84. The molecule has 21 heavy (non-hydrogen) atoms. The zero-order chi connectivity index (χ0) is 15.5. The summed E-state index contributed by atoms with van der Waals surface area (Å²) in [7, 11) is 0. The summed E-state index contributed by atoms with van der Waals surface area (Å²) in [5.41, 5.74) is 1.56. The van der Waals surface area contributed by atoms with Crippen molar-refractivity contribution in [2.24, 2.45) is 5.84 Å². The quantitative estimate of drug-likeness (QED) is 0.457. The lowest BCUT2D eigenvalue weighted by atomic mass is 10.3. The van der Waals surface area contributed by atoms with E-state index in [2.05, 4.69) is 15.3 Å². The first kappa shape index (κ1) is 15.4. The summed E-state index contributed by atoms with van der Waals surface area (Å²) >= 11 is 1.57. The number of thioether (sulfide) groups is 1. The Hall–Kier alpha value is -2.00. The molecule has 1 aromatic carbocycles. The minimum absolute atomic E-state index is 0.00202. The van der Waals surface area contributed by atoms with E-state index in [9.17, 15) is 13.2 Å². The Kier molecular flexibility index (Phi) is 4.53. The topological polar surface area (TPSA) is 75.9 Å². The highest BCUT2D eigenvalue weighted by Gasteiger charge is 2.33. The molecule has 0 fully saturated rings. The van der Waals surface area contributed by atoms with E-state index in [-0.39, 0.29) is 11.8 Å². The predicted molar refractivity (Wildman–Crippen MR) is 76.3 cm³/mol. The highest BCUT2D eigenvalue weighted by atomic mass is 32.2. The number of nitrogens with zero attached hydrogens (tertiary/aromatic N) is 2. The number of nitrogens with one attached hydrogen (secondary N) is 2. The van der Waals surface area contributed by atoms with Gasteiger partial charge in [0, 0.05) is 16.6 Å². The van der Waals surface area contributed by atoms with Crippen LogP contribution in [0.15, 0.2) is 35.2 Å². The molecule has 0 saturated heterocycles. The highest BCUT2D eigenvalue weighted by molar-refractivity contribution is 7.98. The number of hydrazine groups is 1. The van der Waals surface area contributed by atoms with Crippen molar-refractivity contribution < 1.29 is 13.2 Å². The first-order valence-corrected chi connectivity index (χ1v) is 6.99. The van der Waals surface area contributed by atoms with Crippen LogP contribution in [0.1, 0.15) is 5.69 Å². The number of anilines is 3. The van der Waals surface area contributed by atoms with Crippen LogP contribution in [0.3, 0.4) is 0 Å². The number of hydrogen-bond donors (Lipinski definition) is 3. The number of aromatic nitrogens is 2. The Morgan fingerprint density at radius 1 is 1.14 bits per heavy atom. The molecular weight excluding hydrogens is 303 g/mol. The van der Waals surface area contributed by atoms with Gasteiger partial charge in [0.25, 0.3) is 0 Å². The summed E-state index contributed by atoms with van der Waals surface area (Å²) in [6.07, 6.45) is -2.64. The van der Waals surface area contributed by atoms with E-state index in [1.54, 1.807) is 23.9 Å². The summed E-state index contributed by atoms with van der Waals surface area (Å²) in [6.45, 7) is 0. The van der Waals surface area contributed by atoms with Gasteiger partial charge in [0.1, 0.15) is 5.82 Å². The van der Waals surface area contributed by atoms with Gasteiger partial charge in [-0.15, -0.1) is 11.8 Å². The highest BCUT2D eigenvalue weighted by Crippen LogP contribution is 2.30. The van der Waals surface area contributed by atoms with Gasteiger partial charge < -0.3 is 5.32 Å². The summed E-state index contributed by atoms with van der Waals surface area (Å²) in [5.74, 6) is 4.78. The molecule has 4 N–H and O–H groups in total. The Morgan fingerprint density at radius 3 is 2.33 bits per heavy atom.